The first kappa shape index (κ1) is 12.4. The monoisotopic (exact) mass is 275 g/mol. The fourth-order valence-corrected chi connectivity index (χ4v) is 3.00. The van der Waals surface area contributed by atoms with Crippen LogP contribution in [0.5, 0.6) is 0 Å². The van der Waals surface area contributed by atoms with Gasteiger partial charge in [0.2, 0.25) is 0 Å². The van der Waals surface area contributed by atoms with E-state index >= 15 is 0 Å². The maximum atomic E-state index is 11.6. The first-order chi connectivity index (χ1) is 9.09. The fraction of sp³-hybridized carbons (Fsp3) is 0.333. The second kappa shape index (κ2) is 4.49. The van der Waals surface area contributed by atoms with Gasteiger partial charge in [-0.1, -0.05) is 17.7 Å². The molecule has 1 aromatic heterocycles. The molecule has 0 aliphatic heterocycles. The standard InChI is InChI=1S/C15H14ClNO2/c1-8-11(16)7-6-10-13(15(18)19)9-4-2-3-5-12(9)17-14(8)10/h6-7H,2-5H2,1H3,(H,18,19). The molecule has 19 heavy (non-hydrogen) atoms. The molecule has 0 amide bonds. The second-order valence-corrected chi connectivity index (χ2v) is 5.40. The smallest absolute Gasteiger partial charge is 0.336 e. The van der Waals surface area contributed by atoms with E-state index < -0.39 is 5.97 Å². The molecule has 4 heteroatoms. The van der Waals surface area contributed by atoms with Crippen molar-refractivity contribution in [2.45, 2.75) is 32.6 Å². The molecule has 1 heterocycles. The van der Waals surface area contributed by atoms with E-state index in [0.717, 1.165) is 48.0 Å². The van der Waals surface area contributed by atoms with Crippen molar-refractivity contribution in [2.24, 2.45) is 0 Å². The van der Waals surface area contributed by atoms with Gasteiger partial charge in [0.15, 0.2) is 0 Å². The summed E-state index contributed by atoms with van der Waals surface area (Å²) < 4.78 is 0. The lowest BCUT2D eigenvalue weighted by molar-refractivity contribution is 0.0697. The molecule has 3 nitrogen and oxygen atoms in total. The van der Waals surface area contributed by atoms with Gasteiger partial charge in [0.25, 0.3) is 0 Å². The minimum absolute atomic E-state index is 0.416. The third-order valence-corrected chi connectivity index (χ3v) is 4.24. The number of aromatic nitrogens is 1. The van der Waals surface area contributed by atoms with Crippen LogP contribution in [0.15, 0.2) is 12.1 Å². The van der Waals surface area contributed by atoms with Crippen LogP contribution in [0, 0.1) is 6.92 Å². The molecule has 3 rings (SSSR count). The molecule has 2 aromatic rings. The lowest BCUT2D eigenvalue weighted by Gasteiger charge is -2.19. The van der Waals surface area contributed by atoms with Crippen molar-refractivity contribution in [1.82, 2.24) is 4.98 Å². The van der Waals surface area contributed by atoms with Crippen LogP contribution in [-0.2, 0) is 12.8 Å². The number of carboxylic acid groups (broad SMARTS) is 1. The summed E-state index contributed by atoms with van der Waals surface area (Å²) in [5.41, 5.74) is 3.84. The average molecular weight is 276 g/mol. The molecule has 0 fully saturated rings. The van der Waals surface area contributed by atoms with Crippen LogP contribution in [0.2, 0.25) is 5.02 Å². The van der Waals surface area contributed by atoms with Gasteiger partial charge in [-0.05, 0) is 49.8 Å². The zero-order valence-electron chi connectivity index (χ0n) is 10.7. The molecule has 0 bridgehead atoms. The molecular formula is C15H14ClNO2. The molecule has 98 valence electrons. The largest absolute Gasteiger partial charge is 0.478 e. The predicted molar refractivity (Wildman–Crippen MR) is 75.1 cm³/mol. The maximum absolute atomic E-state index is 11.6. The van der Waals surface area contributed by atoms with Crippen LogP contribution in [0.3, 0.4) is 0 Å². The highest BCUT2D eigenvalue weighted by Crippen LogP contribution is 2.32. The number of fused-ring (bicyclic) bond motifs is 2. The molecule has 1 aromatic carbocycles. The summed E-state index contributed by atoms with van der Waals surface area (Å²) in [6.07, 6.45) is 3.77. The van der Waals surface area contributed by atoms with Crippen molar-refractivity contribution < 1.29 is 9.90 Å². The normalized spacial score (nSPS) is 14.4. The molecule has 1 aliphatic carbocycles. The van der Waals surface area contributed by atoms with Crippen molar-refractivity contribution in [3.63, 3.8) is 0 Å². The first-order valence-corrected chi connectivity index (χ1v) is 6.81. The second-order valence-electron chi connectivity index (χ2n) is 4.99. The Morgan fingerprint density at radius 2 is 2.05 bits per heavy atom. The van der Waals surface area contributed by atoms with E-state index in [2.05, 4.69) is 4.98 Å². The Morgan fingerprint density at radius 3 is 2.79 bits per heavy atom. The molecule has 0 saturated heterocycles. The van der Waals surface area contributed by atoms with Crippen LogP contribution in [-0.4, -0.2) is 16.1 Å². The zero-order valence-corrected chi connectivity index (χ0v) is 11.4. The highest BCUT2D eigenvalue weighted by Gasteiger charge is 2.23. The van der Waals surface area contributed by atoms with Gasteiger partial charge in [-0.3, -0.25) is 4.98 Å². The lowest BCUT2D eigenvalue weighted by atomic mass is 9.89. The Bertz CT molecular complexity index is 694. The van der Waals surface area contributed by atoms with Gasteiger partial charge in [-0.25, -0.2) is 4.79 Å². The third kappa shape index (κ3) is 1.89. The van der Waals surface area contributed by atoms with Crippen LogP contribution in [0.1, 0.15) is 40.0 Å². The SMILES string of the molecule is Cc1c(Cl)ccc2c(C(=O)O)c3c(nc12)CCCC3. The van der Waals surface area contributed by atoms with Gasteiger partial charge in [-0.2, -0.15) is 0 Å². The minimum atomic E-state index is -0.868. The lowest BCUT2D eigenvalue weighted by Crippen LogP contribution is -2.13. The molecule has 0 spiro atoms. The van der Waals surface area contributed by atoms with E-state index in [9.17, 15) is 9.90 Å². The van der Waals surface area contributed by atoms with Crippen LogP contribution in [0.4, 0.5) is 0 Å². The van der Waals surface area contributed by atoms with E-state index in [4.69, 9.17) is 11.6 Å². The van der Waals surface area contributed by atoms with Crippen molar-refractivity contribution >= 4 is 28.5 Å². The quantitative estimate of drug-likeness (QED) is 0.862. The van der Waals surface area contributed by atoms with E-state index in [0.29, 0.717) is 16.0 Å². The molecule has 0 unspecified atom stereocenters. The summed E-state index contributed by atoms with van der Waals surface area (Å²) >= 11 is 6.12. The van der Waals surface area contributed by atoms with E-state index in [1.54, 1.807) is 12.1 Å². The summed E-state index contributed by atoms with van der Waals surface area (Å²) in [7, 11) is 0. The summed E-state index contributed by atoms with van der Waals surface area (Å²) in [6.45, 7) is 1.89. The Hall–Kier alpha value is -1.61. The van der Waals surface area contributed by atoms with E-state index in [-0.39, 0.29) is 0 Å². The van der Waals surface area contributed by atoms with Gasteiger partial charge in [0.05, 0.1) is 11.1 Å². The predicted octanol–water partition coefficient (Wildman–Crippen LogP) is 3.77. The highest BCUT2D eigenvalue weighted by atomic mass is 35.5. The number of carbonyl (C=O) groups is 1. The van der Waals surface area contributed by atoms with E-state index in [1.807, 2.05) is 6.92 Å². The van der Waals surface area contributed by atoms with Crippen molar-refractivity contribution in [2.75, 3.05) is 0 Å². The Morgan fingerprint density at radius 1 is 1.32 bits per heavy atom. The minimum Gasteiger partial charge on any atom is -0.478 e. The molecule has 1 N–H and O–H groups in total. The van der Waals surface area contributed by atoms with Crippen LogP contribution >= 0.6 is 11.6 Å². The van der Waals surface area contributed by atoms with E-state index in [1.165, 1.54) is 0 Å². The Kier molecular flexibility index (Phi) is 2.94. The molecule has 0 atom stereocenters. The van der Waals surface area contributed by atoms with Gasteiger partial charge in [0, 0.05) is 16.1 Å². The molecular weight excluding hydrogens is 262 g/mol. The van der Waals surface area contributed by atoms with Crippen LogP contribution < -0.4 is 0 Å². The highest BCUT2D eigenvalue weighted by molar-refractivity contribution is 6.32. The number of hydrogen-bond donors (Lipinski definition) is 1. The van der Waals surface area contributed by atoms with Crippen molar-refractivity contribution in [3.05, 3.63) is 39.5 Å². The summed E-state index contributed by atoms with van der Waals surface area (Å²) in [5.74, 6) is -0.868. The number of halogens is 1. The van der Waals surface area contributed by atoms with Crippen LogP contribution in [0.25, 0.3) is 10.9 Å². The number of hydrogen-bond acceptors (Lipinski definition) is 2. The van der Waals surface area contributed by atoms with Gasteiger partial charge < -0.3 is 5.11 Å². The summed E-state index contributed by atoms with van der Waals surface area (Å²) in [6, 6.07) is 3.53. The van der Waals surface area contributed by atoms with Gasteiger partial charge in [0.1, 0.15) is 0 Å². The number of carboxylic acids is 1. The van der Waals surface area contributed by atoms with Crippen molar-refractivity contribution in [1.29, 1.82) is 0 Å². The summed E-state index contributed by atoms with van der Waals surface area (Å²) in [5, 5.41) is 10.9. The number of rotatable bonds is 1. The first-order valence-electron chi connectivity index (χ1n) is 6.43. The van der Waals surface area contributed by atoms with Gasteiger partial charge >= 0.3 is 5.97 Å². The number of pyridine rings is 1. The number of aryl methyl sites for hydroxylation is 2. The molecule has 0 saturated carbocycles. The molecule has 0 radical (unpaired) electrons. The van der Waals surface area contributed by atoms with Crippen molar-refractivity contribution in [3.8, 4) is 0 Å². The maximum Gasteiger partial charge on any atom is 0.336 e. The summed E-state index contributed by atoms with van der Waals surface area (Å²) in [4.78, 5) is 16.3. The number of nitrogens with zero attached hydrogens (tertiary/aromatic N) is 1. The fourth-order valence-electron chi connectivity index (χ4n) is 2.85. The average Bonchev–Trinajstić information content (AvgIpc) is 2.40. The topological polar surface area (TPSA) is 50.2 Å². The number of aromatic carboxylic acids is 1. The molecule has 1 aliphatic rings. The Labute approximate surface area is 116 Å². The van der Waals surface area contributed by atoms with Gasteiger partial charge in [-0.15, -0.1) is 0 Å². The number of benzene rings is 1. The zero-order chi connectivity index (χ0) is 13.6. The Balaban J connectivity index is 2.45. The third-order valence-electron chi connectivity index (χ3n) is 3.84.